The fourth-order valence-electron chi connectivity index (χ4n) is 2.30. The highest BCUT2D eigenvalue weighted by molar-refractivity contribution is 5.78. The molecule has 106 valence electrons. The van der Waals surface area contributed by atoms with Crippen LogP contribution in [0.15, 0.2) is 12.3 Å². The second-order valence-electron chi connectivity index (χ2n) is 4.93. The van der Waals surface area contributed by atoms with E-state index in [-0.39, 0.29) is 5.91 Å². The molecule has 0 atom stereocenters. The molecule has 0 saturated carbocycles. The molecule has 0 unspecified atom stereocenters. The van der Waals surface area contributed by atoms with Gasteiger partial charge in [0, 0.05) is 45.0 Å². The van der Waals surface area contributed by atoms with E-state index in [2.05, 4.69) is 20.6 Å². The van der Waals surface area contributed by atoms with Crippen molar-refractivity contribution in [3.8, 4) is 0 Å². The van der Waals surface area contributed by atoms with Crippen molar-refractivity contribution in [1.82, 2.24) is 25.3 Å². The minimum Gasteiger partial charge on any atom is -0.355 e. The van der Waals surface area contributed by atoms with Crippen molar-refractivity contribution < 1.29 is 4.79 Å². The van der Waals surface area contributed by atoms with E-state index in [9.17, 15) is 4.79 Å². The Kier molecular flexibility index (Phi) is 5.35. The van der Waals surface area contributed by atoms with E-state index in [1.807, 2.05) is 17.8 Å². The van der Waals surface area contributed by atoms with Gasteiger partial charge in [-0.05, 0) is 25.6 Å². The zero-order valence-electron chi connectivity index (χ0n) is 11.6. The lowest BCUT2D eigenvalue weighted by Crippen LogP contribution is -2.39. The number of aromatic nitrogens is 2. The number of hydrogen-bond donors (Lipinski definition) is 2. The zero-order chi connectivity index (χ0) is 13.5. The number of rotatable bonds is 5. The van der Waals surface area contributed by atoms with Gasteiger partial charge in [0.05, 0.1) is 6.54 Å². The third-order valence-electron chi connectivity index (χ3n) is 3.43. The Morgan fingerprint density at radius 1 is 1.47 bits per heavy atom. The minimum absolute atomic E-state index is 0.115. The Morgan fingerprint density at radius 3 is 3.16 bits per heavy atom. The highest BCUT2D eigenvalue weighted by Crippen LogP contribution is 1.97. The van der Waals surface area contributed by atoms with Gasteiger partial charge < -0.3 is 10.6 Å². The average Bonchev–Trinajstić information content (AvgIpc) is 2.65. The fourth-order valence-corrected chi connectivity index (χ4v) is 2.30. The van der Waals surface area contributed by atoms with Crippen molar-refractivity contribution in [3.63, 3.8) is 0 Å². The Labute approximate surface area is 114 Å². The smallest absolute Gasteiger partial charge is 0.234 e. The van der Waals surface area contributed by atoms with Gasteiger partial charge in [-0.15, -0.1) is 0 Å². The van der Waals surface area contributed by atoms with E-state index in [1.165, 1.54) is 0 Å². The number of nitrogens with one attached hydrogen (secondary N) is 2. The van der Waals surface area contributed by atoms with Gasteiger partial charge in [0.25, 0.3) is 0 Å². The summed E-state index contributed by atoms with van der Waals surface area (Å²) in [6.07, 6.45) is 3.72. The summed E-state index contributed by atoms with van der Waals surface area (Å²) in [4.78, 5) is 14.0. The van der Waals surface area contributed by atoms with E-state index >= 15 is 0 Å². The van der Waals surface area contributed by atoms with Crippen LogP contribution in [0.25, 0.3) is 0 Å². The summed E-state index contributed by atoms with van der Waals surface area (Å²) in [6.45, 7) is 5.16. The topological polar surface area (TPSA) is 62.2 Å². The highest BCUT2D eigenvalue weighted by atomic mass is 16.2. The van der Waals surface area contributed by atoms with E-state index in [4.69, 9.17) is 0 Å². The molecule has 2 heterocycles. The van der Waals surface area contributed by atoms with Crippen molar-refractivity contribution in [2.75, 3.05) is 39.3 Å². The molecular formula is C13H23N5O. The molecule has 0 bridgehead atoms. The summed E-state index contributed by atoms with van der Waals surface area (Å²) in [6, 6.07) is 1.98. The maximum Gasteiger partial charge on any atom is 0.234 e. The lowest BCUT2D eigenvalue weighted by Gasteiger charge is -2.18. The van der Waals surface area contributed by atoms with Crippen molar-refractivity contribution in [2.24, 2.45) is 7.05 Å². The third kappa shape index (κ3) is 4.65. The van der Waals surface area contributed by atoms with Gasteiger partial charge in [-0.1, -0.05) is 0 Å². The van der Waals surface area contributed by atoms with Crippen molar-refractivity contribution in [3.05, 3.63) is 18.0 Å². The first kappa shape index (κ1) is 14.0. The monoisotopic (exact) mass is 265 g/mol. The average molecular weight is 265 g/mol. The highest BCUT2D eigenvalue weighted by Gasteiger charge is 2.12. The summed E-state index contributed by atoms with van der Waals surface area (Å²) in [5.74, 6) is 0.115. The maximum absolute atomic E-state index is 11.8. The van der Waals surface area contributed by atoms with Crippen molar-refractivity contribution in [2.45, 2.75) is 12.8 Å². The van der Waals surface area contributed by atoms with Gasteiger partial charge in [-0.2, -0.15) is 5.10 Å². The van der Waals surface area contributed by atoms with Crippen LogP contribution in [-0.4, -0.2) is 59.9 Å². The Bertz CT molecular complexity index is 395. The van der Waals surface area contributed by atoms with Crippen molar-refractivity contribution >= 4 is 5.91 Å². The summed E-state index contributed by atoms with van der Waals surface area (Å²) in [7, 11) is 1.92. The number of amides is 1. The normalized spacial score (nSPS) is 17.1. The SMILES string of the molecule is Cn1nccc1CCNC(=O)CN1CCCNCC1. The minimum atomic E-state index is 0.115. The molecular weight excluding hydrogens is 242 g/mol. The van der Waals surface area contributed by atoms with Crippen LogP contribution < -0.4 is 10.6 Å². The molecule has 0 spiro atoms. The molecule has 6 nitrogen and oxygen atoms in total. The molecule has 1 aromatic heterocycles. The fraction of sp³-hybridized carbons (Fsp3) is 0.692. The van der Waals surface area contributed by atoms with E-state index in [0.717, 1.165) is 44.7 Å². The lowest BCUT2D eigenvalue weighted by atomic mass is 10.3. The number of carbonyl (C=O) groups excluding carboxylic acids is 1. The number of carbonyl (C=O) groups is 1. The summed E-state index contributed by atoms with van der Waals surface area (Å²) in [5, 5.41) is 10.4. The number of hydrogen-bond acceptors (Lipinski definition) is 4. The van der Waals surface area contributed by atoms with Crippen LogP contribution in [0, 0.1) is 0 Å². The van der Waals surface area contributed by atoms with Gasteiger partial charge in [-0.3, -0.25) is 14.4 Å². The largest absolute Gasteiger partial charge is 0.355 e. The molecule has 1 aliphatic heterocycles. The molecule has 19 heavy (non-hydrogen) atoms. The Hall–Kier alpha value is -1.40. The first-order valence-electron chi connectivity index (χ1n) is 6.92. The van der Waals surface area contributed by atoms with Crippen LogP contribution in [0.4, 0.5) is 0 Å². The molecule has 2 N–H and O–H groups in total. The summed E-state index contributed by atoms with van der Waals surface area (Å²) < 4.78 is 1.84. The van der Waals surface area contributed by atoms with Crippen LogP contribution in [-0.2, 0) is 18.3 Å². The van der Waals surface area contributed by atoms with Crippen LogP contribution in [0.5, 0.6) is 0 Å². The molecule has 0 aliphatic carbocycles. The Balaban J connectivity index is 1.65. The zero-order valence-corrected chi connectivity index (χ0v) is 11.6. The lowest BCUT2D eigenvalue weighted by molar-refractivity contribution is -0.122. The number of aryl methyl sites for hydroxylation is 1. The standard InChI is InChI=1S/C13H23N5O/c1-17-12(4-7-16-17)3-6-15-13(19)11-18-9-2-5-14-8-10-18/h4,7,14H,2-3,5-6,8-11H2,1H3,(H,15,19). The molecule has 1 aliphatic rings. The quantitative estimate of drug-likeness (QED) is 0.744. The third-order valence-corrected chi connectivity index (χ3v) is 3.43. The van der Waals surface area contributed by atoms with Gasteiger partial charge in [0.15, 0.2) is 0 Å². The van der Waals surface area contributed by atoms with Gasteiger partial charge >= 0.3 is 0 Å². The molecule has 1 saturated heterocycles. The van der Waals surface area contributed by atoms with E-state index in [1.54, 1.807) is 6.20 Å². The van der Waals surface area contributed by atoms with E-state index < -0.39 is 0 Å². The predicted octanol–water partition coefficient (Wildman–Crippen LogP) is -0.626. The molecule has 0 aromatic carbocycles. The van der Waals surface area contributed by atoms with E-state index in [0.29, 0.717) is 13.1 Å². The second kappa shape index (κ2) is 7.25. The van der Waals surface area contributed by atoms with Crippen LogP contribution in [0.1, 0.15) is 12.1 Å². The summed E-state index contributed by atoms with van der Waals surface area (Å²) >= 11 is 0. The molecule has 1 fully saturated rings. The van der Waals surface area contributed by atoms with Crippen LogP contribution in [0.2, 0.25) is 0 Å². The van der Waals surface area contributed by atoms with Crippen molar-refractivity contribution in [1.29, 1.82) is 0 Å². The molecule has 0 radical (unpaired) electrons. The van der Waals surface area contributed by atoms with Crippen LogP contribution in [0.3, 0.4) is 0 Å². The maximum atomic E-state index is 11.8. The van der Waals surface area contributed by atoms with Gasteiger partial charge in [0.2, 0.25) is 5.91 Å². The molecule has 1 aromatic rings. The van der Waals surface area contributed by atoms with Gasteiger partial charge in [-0.25, -0.2) is 0 Å². The second-order valence-corrected chi connectivity index (χ2v) is 4.93. The molecule has 2 rings (SSSR count). The van der Waals surface area contributed by atoms with Gasteiger partial charge in [0.1, 0.15) is 0 Å². The summed E-state index contributed by atoms with van der Waals surface area (Å²) in [5.41, 5.74) is 1.14. The van der Waals surface area contributed by atoms with Crippen LogP contribution >= 0.6 is 0 Å². The first-order chi connectivity index (χ1) is 9.25. The number of nitrogens with zero attached hydrogens (tertiary/aromatic N) is 3. The molecule has 1 amide bonds. The Morgan fingerprint density at radius 2 is 2.37 bits per heavy atom. The predicted molar refractivity (Wildman–Crippen MR) is 73.8 cm³/mol. The molecule has 6 heteroatoms. The first-order valence-corrected chi connectivity index (χ1v) is 6.92.